The van der Waals surface area contributed by atoms with Crippen molar-refractivity contribution >= 4 is 34.0 Å². The Morgan fingerprint density at radius 2 is 1.94 bits per heavy atom. The first-order valence-electron chi connectivity index (χ1n) is 10.0. The van der Waals surface area contributed by atoms with Gasteiger partial charge in [0.05, 0.1) is 11.4 Å². The highest BCUT2D eigenvalue weighted by molar-refractivity contribution is 7.13. The third-order valence-corrected chi connectivity index (χ3v) is 6.74. The molecule has 1 aliphatic rings. The minimum atomic E-state index is -1.83. The van der Waals surface area contributed by atoms with E-state index >= 15 is 0 Å². The normalized spacial score (nSPS) is 17.8. The molecule has 1 aliphatic heterocycles. The number of rotatable bonds is 3. The molecule has 32 heavy (non-hydrogen) atoms. The highest BCUT2D eigenvalue weighted by atomic mass is 32.1. The molecule has 5 heterocycles. The summed E-state index contributed by atoms with van der Waals surface area (Å²) in [5, 5.41) is 15.4. The molecule has 1 aromatic carbocycles. The molecule has 0 saturated heterocycles. The molecule has 0 fully saturated rings. The fourth-order valence-electron chi connectivity index (χ4n) is 4.23. The van der Waals surface area contributed by atoms with Gasteiger partial charge in [-0.05, 0) is 35.9 Å². The Bertz CT molecular complexity index is 1510. The average molecular weight is 440 g/mol. The van der Waals surface area contributed by atoms with Crippen LogP contribution in [0.5, 0.6) is 0 Å². The summed E-state index contributed by atoms with van der Waals surface area (Å²) in [5.74, 6) is -0.423. The third-order valence-electron chi connectivity index (χ3n) is 5.87. The van der Waals surface area contributed by atoms with E-state index in [1.807, 2.05) is 41.9 Å². The summed E-state index contributed by atoms with van der Waals surface area (Å²) in [6.07, 6.45) is 5.25. The number of hydrogen-bond acceptors (Lipinski definition) is 6. The first-order valence-corrected chi connectivity index (χ1v) is 10.9. The van der Waals surface area contributed by atoms with E-state index in [2.05, 4.69) is 15.0 Å². The first-order chi connectivity index (χ1) is 15.6. The lowest BCUT2D eigenvalue weighted by Gasteiger charge is -2.22. The number of thiazole rings is 1. The molecule has 2 N–H and O–H groups in total. The molecular formula is C24H17N5O2S. The number of amides is 1. The summed E-state index contributed by atoms with van der Waals surface area (Å²) in [6.45, 7) is 0. The largest absolute Gasteiger partial charge is 0.370 e. The number of likely N-dealkylation sites (N-methyl/N-ethyl adjacent to an activating group) is 1. The van der Waals surface area contributed by atoms with Gasteiger partial charge in [-0.1, -0.05) is 18.2 Å². The van der Waals surface area contributed by atoms with E-state index in [-0.39, 0.29) is 0 Å². The Hall–Kier alpha value is -3.88. The van der Waals surface area contributed by atoms with E-state index < -0.39 is 11.5 Å². The number of carbonyl (C=O) groups excluding carboxylic acids is 1. The smallest absolute Gasteiger partial charge is 0.269 e. The van der Waals surface area contributed by atoms with Crippen LogP contribution in [0.25, 0.3) is 32.9 Å². The van der Waals surface area contributed by atoms with Crippen LogP contribution in [0.1, 0.15) is 11.3 Å². The summed E-state index contributed by atoms with van der Waals surface area (Å²) in [4.78, 5) is 31.1. The molecule has 4 aromatic heterocycles. The molecule has 8 heteroatoms. The van der Waals surface area contributed by atoms with E-state index in [1.54, 1.807) is 37.6 Å². The van der Waals surface area contributed by atoms with Crippen molar-refractivity contribution in [2.45, 2.75) is 5.60 Å². The summed E-state index contributed by atoms with van der Waals surface area (Å²) in [7, 11) is 1.65. The van der Waals surface area contributed by atoms with Crippen molar-refractivity contribution in [3.05, 3.63) is 83.8 Å². The molecule has 156 valence electrons. The maximum atomic E-state index is 13.0. The fourth-order valence-corrected chi connectivity index (χ4v) is 5.09. The highest BCUT2D eigenvalue weighted by Gasteiger charge is 2.51. The summed E-state index contributed by atoms with van der Waals surface area (Å²) >= 11 is 1.53. The van der Waals surface area contributed by atoms with Gasteiger partial charge in [-0.2, -0.15) is 0 Å². The highest BCUT2D eigenvalue weighted by Crippen LogP contribution is 2.43. The maximum absolute atomic E-state index is 13.0. The van der Waals surface area contributed by atoms with Gasteiger partial charge in [-0.15, -0.1) is 11.3 Å². The SMILES string of the molecule is CN1C(=O)[C@@](O)(c2cccc(-c3csc(-c4c[nH]c5ncccc45)n3)c2)c2ncccc21. The molecule has 5 aromatic rings. The zero-order chi connectivity index (χ0) is 21.9. The van der Waals surface area contributed by atoms with Crippen molar-refractivity contribution in [2.24, 2.45) is 0 Å². The van der Waals surface area contributed by atoms with Crippen LogP contribution in [0.2, 0.25) is 0 Å². The number of aliphatic hydroxyl groups is 1. The quantitative estimate of drug-likeness (QED) is 0.444. The molecule has 0 saturated carbocycles. The van der Waals surface area contributed by atoms with E-state index in [9.17, 15) is 9.90 Å². The van der Waals surface area contributed by atoms with E-state index in [0.717, 1.165) is 32.9 Å². The molecule has 1 atom stereocenters. The van der Waals surface area contributed by atoms with E-state index in [1.165, 1.54) is 16.2 Å². The van der Waals surface area contributed by atoms with Crippen molar-refractivity contribution in [2.75, 3.05) is 11.9 Å². The van der Waals surface area contributed by atoms with Crippen molar-refractivity contribution < 1.29 is 9.90 Å². The topological polar surface area (TPSA) is 95.0 Å². The predicted octanol–water partition coefficient (Wildman–Crippen LogP) is 3.96. The van der Waals surface area contributed by atoms with Gasteiger partial charge in [-0.3, -0.25) is 9.78 Å². The predicted molar refractivity (Wildman–Crippen MR) is 123 cm³/mol. The van der Waals surface area contributed by atoms with Crippen molar-refractivity contribution in [1.82, 2.24) is 19.9 Å². The minimum Gasteiger partial charge on any atom is -0.370 e. The van der Waals surface area contributed by atoms with E-state index in [4.69, 9.17) is 4.98 Å². The Morgan fingerprint density at radius 1 is 1.09 bits per heavy atom. The number of H-pyrrole nitrogens is 1. The second kappa shape index (κ2) is 6.81. The number of aromatic amines is 1. The molecule has 0 aliphatic carbocycles. The first kappa shape index (κ1) is 18.9. The summed E-state index contributed by atoms with van der Waals surface area (Å²) in [6, 6.07) is 14.8. The van der Waals surface area contributed by atoms with Crippen molar-refractivity contribution in [3.63, 3.8) is 0 Å². The Balaban J connectivity index is 1.43. The van der Waals surface area contributed by atoms with Crippen molar-refractivity contribution in [3.8, 4) is 21.8 Å². The molecular weight excluding hydrogens is 422 g/mol. The minimum absolute atomic E-state index is 0.343. The number of anilines is 1. The second-order valence-corrected chi connectivity index (χ2v) is 8.52. The van der Waals surface area contributed by atoms with E-state index in [0.29, 0.717) is 16.9 Å². The van der Waals surface area contributed by atoms with Crippen LogP contribution in [-0.2, 0) is 10.4 Å². The lowest BCUT2D eigenvalue weighted by Crippen LogP contribution is -2.39. The molecule has 0 unspecified atom stereocenters. The van der Waals surface area contributed by atoms with Gasteiger partial charge in [0.15, 0.2) is 0 Å². The van der Waals surface area contributed by atoms with Crippen LogP contribution < -0.4 is 4.90 Å². The number of nitrogens with one attached hydrogen (secondary N) is 1. The monoisotopic (exact) mass is 439 g/mol. The van der Waals surface area contributed by atoms with Crippen LogP contribution in [0.3, 0.4) is 0 Å². The number of carbonyl (C=O) groups is 1. The average Bonchev–Trinajstić information content (AvgIpc) is 3.53. The van der Waals surface area contributed by atoms with Crippen LogP contribution in [0.15, 0.2) is 72.5 Å². The molecule has 0 bridgehead atoms. The summed E-state index contributed by atoms with van der Waals surface area (Å²) in [5.41, 5.74) is 2.98. The Kier molecular flexibility index (Phi) is 4.01. The summed E-state index contributed by atoms with van der Waals surface area (Å²) < 4.78 is 0. The van der Waals surface area contributed by atoms with Gasteiger partial charge in [-0.25, -0.2) is 9.97 Å². The fraction of sp³-hybridized carbons (Fsp3) is 0.0833. The molecule has 0 spiro atoms. The number of aromatic nitrogens is 4. The van der Waals surface area contributed by atoms with Crippen LogP contribution in [0, 0.1) is 0 Å². The number of benzene rings is 1. The van der Waals surface area contributed by atoms with Gasteiger partial charge < -0.3 is 15.0 Å². The standard InChI is InChI=1S/C24H17N5O2S/c1-29-19-8-4-9-25-20(19)24(31,23(29)30)15-6-2-5-14(11-15)18-13-32-22(28-18)17-12-27-21-16(17)7-3-10-26-21/h2-13,31H,1H3,(H,26,27)/t24-/m1/s1. The van der Waals surface area contributed by atoms with Crippen molar-refractivity contribution in [1.29, 1.82) is 0 Å². The lowest BCUT2D eigenvalue weighted by molar-refractivity contribution is -0.132. The van der Waals surface area contributed by atoms with Crippen LogP contribution >= 0.6 is 11.3 Å². The molecule has 6 rings (SSSR count). The molecule has 1 amide bonds. The van der Waals surface area contributed by atoms with Gasteiger partial charge in [0.1, 0.15) is 16.3 Å². The van der Waals surface area contributed by atoms with Gasteiger partial charge >= 0.3 is 0 Å². The van der Waals surface area contributed by atoms with Crippen LogP contribution in [0.4, 0.5) is 5.69 Å². The lowest BCUT2D eigenvalue weighted by atomic mass is 9.89. The number of fused-ring (bicyclic) bond motifs is 2. The third kappa shape index (κ3) is 2.57. The molecule has 7 nitrogen and oxygen atoms in total. The Morgan fingerprint density at radius 3 is 2.84 bits per heavy atom. The maximum Gasteiger partial charge on any atom is 0.269 e. The number of nitrogens with zero attached hydrogens (tertiary/aromatic N) is 4. The zero-order valence-corrected chi connectivity index (χ0v) is 17.8. The molecule has 0 radical (unpaired) electrons. The number of pyridine rings is 2. The number of hydrogen-bond donors (Lipinski definition) is 2. The van der Waals surface area contributed by atoms with Crippen LogP contribution in [-0.4, -0.2) is 38.0 Å². The second-order valence-electron chi connectivity index (χ2n) is 7.67. The zero-order valence-electron chi connectivity index (χ0n) is 17.0. The van der Waals surface area contributed by atoms with Gasteiger partial charge in [0, 0.05) is 47.5 Å². The van der Waals surface area contributed by atoms with Gasteiger partial charge in [0.25, 0.3) is 5.91 Å². The Labute approximate surface area is 187 Å². The van der Waals surface area contributed by atoms with Gasteiger partial charge in [0.2, 0.25) is 5.60 Å².